The van der Waals surface area contributed by atoms with Crippen molar-refractivity contribution in [1.82, 2.24) is 9.97 Å². The number of nitro benzene ring substituents is 1. The fraction of sp³-hybridized carbons (Fsp3) is 0.0500. The monoisotopic (exact) mass is 470 g/mol. The van der Waals surface area contributed by atoms with Crippen LogP contribution in [0.2, 0.25) is 0 Å². The number of amides is 1. The van der Waals surface area contributed by atoms with E-state index in [0.717, 1.165) is 41.8 Å². The van der Waals surface area contributed by atoms with Gasteiger partial charge in [-0.05, 0) is 31.2 Å². The largest absolute Gasteiger partial charge is 0.441 e. The van der Waals surface area contributed by atoms with Gasteiger partial charge in [0, 0.05) is 17.7 Å². The average molecular weight is 470 g/mol. The summed E-state index contributed by atoms with van der Waals surface area (Å²) in [5, 5.41) is 13.3. The molecular formula is C20H14N4O6S2. The molecule has 2 heterocycles. The topological polar surface area (TPSA) is 145 Å². The van der Waals surface area contributed by atoms with Gasteiger partial charge in [0.2, 0.25) is 15.7 Å². The molecule has 2 aromatic carbocycles. The Morgan fingerprint density at radius 3 is 2.47 bits per heavy atom. The maximum Gasteiger partial charge on any atom is 0.279 e. The summed E-state index contributed by atoms with van der Waals surface area (Å²) in [5.74, 6) is -0.00692. The highest BCUT2D eigenvalue weighted by molar-refractivity contribution is 7.93. The molecule has 0 saturated heterocycles. The van der Waals surface area contributed by atoms with Gasteiger partial charge in [0.1, 0.15) is 9.97 Å². The second-order valence-corrected chi connectivity index (χ2v) is 9.69. The van der Waals surface area contributed by atoms with E-state index in [0.29, 0.717) is 11.3 Å². The molecule has 0 unspecified atom stereocenters. The van der Waals surface area contributed by atoms with Crippen LogP contribution in [0, 0.1) is 17.0 Å². The number of anilines is 1. The lowest BCUT2D eigenvalue weighted by atomic mass is 10.2. The first-order valence-electron chi connectivity index (χ1n) is 9.05. The number of sulfone groups is 1. The number of non-ortho nitro benzene ring substituents is 1. The second kappa shape index (κ2) is 8.32. The molecule has 0 spiro atoms. The molecule has 0 bridgehead atoms. The number of rotatable bonds is 6. The molecule has 2 aromatic heterocycles. The van der Waals surface area contributed by atoms with Crippen molar-refractivity contribution >= 4 is 37.9 Å². The number of nitrogens with zero attached hydrogens (tertiary/aromatic N) is 3. The first-order chi connectivity index (χ1) is 15.3. The molecule has 0 atom stereocenters. The van der Waals surface area contributed by atoms with E-state index in [1.54, 1.807) is 19.1 Å². The number of hydrogen-bond acceptors (Lipinski definition) is 9. The maximum atomic E-state index is 12.8. The van der Waals surface area contributed by atoms with Crippen molar-refractivity contribution in [2.75, 3.05) is 5.32 Å². The highest BCUT2D eigenvalue weighted by Gasteiger charge is 2.24. The van der Waals surface area contributed by atoms with Gasteiger partial charge in [0.25, 0.3) is 11.6 Å². The molecule has 0 radical (unpaired) electrons. The lowest BCUT2D eigenvalue weighted by molar-refractivity contribution is -0.384. The Kier molecular flexibility index (Phi) is 5.55. The van der Waals surface area contributed by atoms with E-state index in [4.69, 9.17) is 4.42 Å². The lowest BCUT2D eigenvalue weighted by Crippen LogP contribution is -2.13. The number of oxazole rings is 1. The Morgan fingerprint density at radius 1 is 1.12 bits per heavy atom. The zero-order valence-corrected chi connectivity index (χ0v) is 18.0. The minimum atomic E-state index is -3.95. The van der Waals surface area contributed by atoms with Crippen LogP contribution < -0.4 is 5.32 Å². The summed E-state index contributed by atoms with van der Waals surface area (Å²) in [5.41, 5.74) is 0.540. The molecule has 4 rings (SSSR count). The Balaban J connectivity index is 1.54. The fourth-order valence-corrected chi connectivity index (χ4v) is 5.20. The minimum Gasteiger partial charge on any atom is -0.441 e. The molecule has 0 aliphatic rings. The van der Waals surface area contributed by atoms with Crippen LogP contribution in [0.4, 0.5) is 10.8 Å². The summed E-state index contributed by atoms with van der Waals surface area (Å²) in [4.78, 5) is 30.8. The maximum absolute atomic E-state index is 12.8. The van der Waals surface area contributed by atoms with Crippen LogP contribution in [0.15, 0.2) is 74.3 Å². The number of nitro groups is 1. The summed E-state index contributed by atoms with van der Waals surface area (Å²) in [6, 6.07) is 13.6. The third kappa shape index (κ3) is 4.13. The Bertz CT molecular complexity index is 1410. The van der Waals surface area contributed by atoms with Crippen molar-refractivity contribution in [3.63, 3.8) is 0 Å². The highest BCUT2D eigenvalue weighted by Crippen LogP contribution is 2.30. The normalized spacial score (nSPS) is 11.3. The van der Waals surface area contributed by atoms with Crippen molar-refractivity contribution in [2.45, 2.75) is 16.0 Å². The zero-order valence-electron chi connectivity index (χ0n) is 16.4. The van der Waals surface area contributed by atoms with E-state index in [1.807, 2.05) is 18.2 Å². The molecule has 4 aromatic rings. The van der Waals surface area contributed by atoms with Crippen molar-refractivity contribution in [2.24, 2.45) is 0 Å². The number of aromatic nitrogens is 2. The predicted octanol–water partition coefficient (Wildman–Crippen LogP) is 4.10. The van der Waals surface area contributed by atoms with Gasteiger partial charge in [-0.15, -0.1) is 0 Å². The molecule has 0 saturated carbocycles. The van der Waals surface area contributed by atoms with Crippen LogP contribution >= 0.6 is 11.3 Å². The first-order valence-corrected chi connectivity index (χ1v) is 11.4. The first kappa shape index (κ1) is 21.3. The molecule has 10 nitrogen and oxygen atoms in total. The number of aryl methyl sites for hydroxylation is 1. The highest BCUT2D eigenvalue weighted by atomic mass is 32.2. The van der Waals surface area contributed by atoms with Gasteiger partial charge in [0.15, 0.2) is 10.8 Å². The molecular weight excluding hydrogens is 456 g/mol. The molecule has 0 fully saturated rings. The van der Waals surface area contributed by atoms with Gasteiger partial charge in [0.05, 0.1) is 16.0 Å². The Hall–Kier alpha value is -3.90. The van der Waals surface area contributed by atoms with E-state index >= 15 is 0 Å². The summed E-state index contributed by atoms with van der Waals surface area (Å²) in [6.07, 6.45) is 1.11. The summed E-state index contributed by atoms with van der Waals surface area (Å²) in [7, 11) is -3.95. The number of hydrogen-bond donors (Lipinski definition) is 1. The van der Waals surface area contributed by atoms with Crippen molar-refractivity contribution < 1.29 is 22.6 Å². The van der Waals surface area contributed by atoms with Gasteiger partial charge in [-0.25, -0.2) is 18.4 Å². The molecule has 0 aliphatic carbocycles. The average Bonchev–Trinajstić information content (AvgIpc) is 3.41. The number of benzene rings is 2. The van der Waals surface area contributed by atoms with Gasteiger partial charge >= 0.3 is 0 Å². The van der Waals surface area contributed by atoms with E-state index < -0.39 is 20.7 Å². The van der Waals surface area contributed by atoms with Crippen molar-refractivity contribution in [3.8, 4) is 11.5 Å². The van der Waals surface area contributed by atoms with E-state index in [-0.39, 0.29) is 31.5 Å². The lowest BCUT2D eigenvalue weighted by Gasteiger charge is -2.01. The Morgan fingerprint density at radius 2 is 1.81 bits per heavy atom. The predicted molar refractivity (Wildman–Crippen MR) is 115 cm³/mol. The van der Waals surface area contributed by atoms with Crippen LogP contribution in [0.1, 0.15) is 16.2 Å². The number of carbonyl (C=O) groups excluding carboxylic acids is 1. The smallest absolute Gasteiger partial charge is 0.279 e. The van der Waals surface area contributed by atoms with Crippen LogP contribution in [0.25, 0.3) is 11.5 Å². The van der Waals surface area contributed by atoms with Gasteiger partial charge in [-0.3, -0.25) is 20.2 Å². The molecule has 162 valence electrons. The van der Waals surface area contributed by atoms with E-state index in [1.165, 1.54) is 0 Å². The van der Waals surface area contributed by atoms with Crippen molar-refractivity contribution in [1.29, 1.82) is 0 Å². The third-order valence-electron chi connectivity index (χ3n) is 4.36. The molecule has 32 heavy (non-hydrogen) atoms. The summed E-state index contributed by atoms with van der Waals surface area (Å²) >= 11 is 0.754. The second-order valence-electron chi connectivity index (χ2n) is 6.48. The standard InChI is InChI=1S/C20H14N4O6S2/c1-12-17(22-19(30-12)13-5-3-2-4-6-13)18(25)23-20-21-11-16(31-20)32(28,29)15-9-7-14(8-10-15)24(26)27/h2-11H,1H3,(H,21,23,25). The quantitative estimate of drug-likeness (QED) is 0.327. The van der Waals surface area contributed by atoms with Crippen LogP contribution in [-0.4, -0.2) is 29.2 Å². The van der Waals surface area contributed by atoms with Gasteiger partial charge in [-0.2, -0.15) is 0 Å². The SMILES string of the molecule is Cc1oc(-c2ccccc2)nc1C(=O)Nc1ncc(S(=O)(=O)c2ccc([N+](=O)[O-])cc2)s1. The third-order valence-corrected chi connectivity index (χ3v) is 7.50. The zero-order chi connectivity index (χ0) is 22.9. The van der Waals surface area contributed by atoms with Gasteiger partial charge < -0.3 is 4.42 Å². The number of thiazole rings is 1. The van der Waals surface area contributed by atoms with Crippen LogP contribution in [0.3, 0.4) is 0 Å². The fourth-order valence-electron chi connectivity index (χ4n) is 2.77. The van der Waals surface area contributed by atoms with Crippen molar-refractivity contribution in [3.05, 3.63) is 82.4 Å². The molecule has 12 heteroatoms. The molecule has 0 aliphatic heterocycles. The summed E-state index contributed by atoms with van der Waals surface area (Å²) in [6.45, 7) is 1.60. The number of carbonyl (C=O) groups is 1. The summed E-state index contributed by atoms with van der Waals surface area (Å²) < 4.78 is 31.0. The van der Waals surface area contributed by atoms with E-state index in [2.05, 4.69) is 15.3 Å². The Labute approximate surface area is 185 Å². The minimum absolute atomic E-state index is 0.0545. The number of nitrogens with one attached hydrogen (secondary N) is 1. The van der Waals surface area contributed by atoms with Gasteiger partial charge in [-0.1, -0.05) is 29.5 Å². The molecule has 1 N–H and O–H groups in total. The van der Waals surface area contributed by atoms with Crippen LogP contribution in [0.5, 0.6) is 0 Å². The molecule has 1 amide bonds. The van der Waals surface area contributed by atoms with E-state index in [9.17, 15) is 23.3 Å². The van der Waals surface area contributed by atoms with Crippen LogP contribution in [-0.2, 0) is 9.84 Å².